The van der Waals surface area contributed by atoms with Crippen LogP contribution in [0.3, 0.4) is 0 Å². The number of aliphatic hydroxyl groups is 1. The van der Waals surface area contributed by atoms with Crippen molar-refractivity contribution in [2.75, 3.05) is 18.5 Å². The fourth-order valence-corrected chi connectivity index (χ4v) is 3.47. The van der Waals surface area contributed by atoms with E-state index in [0.717, 1.165) is 6.07 Å². The fraction of sp³-hybridized carbons (Fsp3) is 0.176. The third-order valence-electron chi connectivity index (χ3n) is 3.34. The number of sulfonamides is 1. The van der Waals surface area contributed by atoms with Crippen LogP contribution in [0.15, 0.2) is 57.9 Å². The van der Waals surface area contributed by atoms with Crippen molar-refractivity contribution in [3.63, 3.8) is 0 Å². The quantitative estimate of drug-likeness (QED) is 0.497. The predicted molar refractivity (Wildman–Crippen MR) is 101 cm³/mol. The minimum Gasteiger partial charge on any atom is -0.454 e. The molecule has 1 atom stereocenters. The molecule has 2 rings (SSSR count). The Hall–Kier alpha value is -2.34. The molecule has 28 heavy (non-hydrogen) atoms. The maximum atomic E-state index is 13.1. The lowest BCUT2D eigenvalue weighted by Crippen LogP contribution is -2.44. The monoisotopic (exact) mass is 474 g/mol. The van der Waals surface area contributed by atoms with Gasteiger partial charge in [0.15, 0.2) is 6.61 Å². The van der Waals surface area contributed by atoms with Gasteiger partial charge in [0.2, 0.25) is 10.0 Å². The van der Waals surface area contributed by atoms with E-state index in [-0.39, 0.29) is 10.6 Å². The van der Waals surface area contributed by atoms with Crippen LogP contribution in [0.25, 0.3) is 0 Å². The lowest BCUT2D eigenvalue weighted by Gasteiger charge is -2.15. The Bertz CT molecular complexity index is 952. The van der Waals surface area contributed by atoms with Crippen LogP contribution >= 0.6 is 15.9 Å². The average molecular weight is 475 g/mol. The van der Waals surface area contributed by atoms with E-state index in [1.54, 1.807) is 0 Å². The molecule has 0 fully saturated rings. The molecule has 0 radical (unpaired) electrons. The van der Waals surface area contributed by atoms with E-state index in [0.29, 0.717) is 4.47 Å². The summed E-state index contributed by atoms with van der Waals surface area (Å²) in [6, 6.07) is 9.09. The highest BCUT2D eigenvalue weighted by Gasteiger charge is 2.27. The largest absolute Gasteiger partial charge is 0.454 e. The average Bonchev–Trinajstić information content (AvgIpc) is 2.64. The molecule has 0 aliphatic rings. The summed E-state index contributed by atoms with van der Waals surface area (Å²) >= 11 is 3.17. The van der Waals surface area contributed by atoms with Crippen LogP contribution < -0.4 is 10.0 Å². The minimum absolute atomic E-state index is 0.120. The molecule has 0 spiro atoms. The summed E-state index contributed by atoms with van der Waals surface area (Å²) < 4.78 is 45.0. The number of carbonyl (C=O) groups is 2. The van der Waals surface area contributed by atoms with E-state index in [4.69, 9.17) is 4.74 Å². The van der Waals surface area contributed by atoms with Gasteiger partial charge < -0.3 is 15.2 Å². The second-order valence-corrected chi connectivity index (χ2v) is 8.11. The molecule has 3 N–H and O–H groups in total. The van der Waals surface area contributed by atoms with Crippen LogP contribution in [-0.2, 0) is 24.3 Å². The van der Waals surface area contributed by atoms with Gasteiger partial charge in [-0.2, -0.15) is 4.72 Å². The van der Waals surface area contributed by atoms with Gasteiger partial charge >= 0.3 is 5.97 Å². The van der Waals surface area contributed by atoms with Crippen molar-refractivity contribution in [1.82, 2.24) is 4.72 Å². The first-order valence-corrected chi connectivity index (χ1v) is 10.1. The number of aliphatic hydroxyl groups excluding tert-OH is 1. The fourth-order valence-electron chi connectivity index (χ4n) is 2.03. The first kappa shape index (κ1) is 22.0. The van der Waals surface area contributed by atoms with Crippen LogP contribution in [0.2, 0.25) is 0 Å². The Morgan fingerprint density at radius 1 is 1.18 bits per heavy atom. The number of benzene rings is 2. The highest BCUT2D eigenvalue weighted by atomic mass is 79.9. The van der Waals surface area contributed by atoms with Crippen molar-refractivity contribution in [2.45, 2.75) is 10.9 Å². The Kier molecular flexibility index (Phi) is 7.63. The topological polar surface area (TPSA) is 122 Å². The zero-order chi connectivity index (χ0) is 20.7. The molecule has 0 saturated carbocycles. The molecule has 0 aliphatic carbocycles. The van der Waals surface area contributed by atoms with Crippen LogP contribution in [-0.4, -0.2) is 44.7 Å². The van der Waals surface area contributed by atoms with E-state index in [1.165, 1.54) is 42.5 Å². The zero-order valence-corrected chi connectivity index (χ0v) is 16.7. The van der Waals surface area contributed by atoms with Crippen LogP contribution in [0, 0.1) is 5.82 Å². The van der Waals surface area contributed by atoms with E-state index in [1.807, 2.05) is 4.72 Å². The van der Waals surface area contributed by atoms with Gasteiger partial charge in [0.05, 0.1) is 11.5 Å². The van der Waals surface area contributed by atoms with Crippen LogP contribution in [0.1, 0.15) is 0 Å². The molecule has 1 amide bonds. The maximum Gasteiger partial charge on any atom is 0.327 e. The molecule has 150 valence electrons. The molecule has 0 aromatic heterocycles. The lowest BCUT2D eigenvalue weighted by atomic mass is 10.3. The molecular weight excluding hydrogens is 459 g/mol. The number of nitrogens with one attached hydrogen (secondary N) is 2. The number of anilines is 1. The zero-order valence-electron chi connectivity index (χ0n) is 14.3. The van der Waals surface area contributed by atoms with Gasteiger partial charge in [-0.3, -0.25) is 9.59 Å². The first-order chi connectivity index (χ1) is 13.2. The molecule has 0 bridgehead atoms. The Morgan fingerprint density at radius 2 is 1.86 bits per heavy atom. The molecular formula is C17H16BrFN2O6S. The predicted octanol–water partition coefficient (Wildman–Crippen LogP) is 1.41. The number of hydrogen-bond donors (Lipinski definition) is 3. The molecule has 0 heterocycles. The Balaban J connectivity index is 1.93. The first-order valence-electron chi connectivity index (χ1n) is 7.82. The minimum atomic E-state index is -4.10. The molecule has 0 aliphatic heterocycles. The van der Waals surface area contributed by atoms with E-state index in [2.05, 4.69) is 21.2 Å². The van der Waals surface area contributed by atoms with E-state index >= 15 is 0 Å². The van der Waals surface area contributed by atoms with Gasteiger partial charge in [-0.15, -0.1) is 0 Å². The van der Waals surface area contributed by atoms with Crippen molar-refractivity contribution in [3.05, 3.63) is 58.8 Å². The number of hydrogen-bond acceptors (Lipinski definition) is 6. The summed E-state index contributed by atoms with van der Waals surface area (Å²) in [4.78, 5) is 23.6. The van der Waals surface area contributed by atoms with E-state index in [9.17, 15) is 27.5 Å². The highest BCUT2D eigenvalue weighted by molar-refractivity contribution is 9.10. The van der Waals surface area contributed by atoms with Gasteiger partial charge in [0.25, 0.3) is 5.91 Å². The SMILES string of the molecule is O=C(COC(=O)C(CO)NS(=O)(=O)c1ccc(Br)cc1)Nc1cccc(F)c1. The second kappa shape index (κ2) is 9.73. The number of amides is 1. The number of ether oxygens (including phenoxy) is 1. The smallest absolute Gasteiger partial charge is 0.327 e. The van der Waals surface area contributed by atoms with Crippen LogP contribution in [0.5, 0.6) is 0 Å². The van der Waals surface area contributed by atoms with Crippen LogP contribution in [0.4, 0.5) is 10.1 Å². The number of rotatable bonds is 8. The molecule has 0 saturated heterocycles. The molecule has 2 aromatic carbocycles. The summed E-state index contributed by atoms with van der Waals surface area (Å²) in [6.45, 7) is -1.62. The van der Waals surface area contributed by atoms with Gasteiger partial charge in [-0.1, -0.05) is 22.0 Å². The normalized spacial score (nSPS) is 12.2. The lowest BCUT2D eigenvalue weighted by molar-refractivity contribution is -0.149. The maximum absolute atomic E-state index is 13.1. The highest BCUT2D eigenvalue weighted by Crippen LogP contribution is 2.15. The van der Waals surface area contributed by atoms with E-state index < -0.39 is 47.0 Å². The number of carbonyl (C=O) groups excluding carboxylic acids is 2. The summed E-state index contributed by atoms with van der Waals surface area (Å²) in [5, 5.41) is 11.6. The standard InChI is InChI=1S/C17H16BrFN2O6S/c18-11-4-6-14(7-5-11)28(25,26)21-15(9-22)17(24)27-10-16(23)20-13-3-1-2-12(19)8-13/h1-8,15,21-22H,9-10H2,(H,20,23). The Morgan fingerprint density at radius 3 is 2.46 bits per heavy atom. The molecule has 11 heteroatoms. The summed E-state index contributed by atoms with van der Waals surface area (Å²) in [6.07, 6.45) is 0. The summed E-state index contributed by atoms with van der Waals surface area (Å²) in [5.41, 5.74) is 0.163. The number of esters is 1. The van der Waals surface area contributed by atoms with Gasteiger partial charge in [-0.25, -0.2) is 12.8 Å². The second-order valence-electron chi connectivity index (χ2n) is 5.48. The summed E-state index contributed by atoms with van der Waals surface area (Å²) in [5.74, 6) is -2.46. The third-order valence-corrected chi connectivity index (χ3v) is 5.36. The van der Waals surface area contributed by atoms with Gasteiger partial charge in [0.1, 0.15) is 11.9 Å². The van der Waals surface area contributed by atoms with Crippen molar-refractivity contribution in [2.24, 2.45) is 0 Å². The van der Waals surface area contributed by atoms with Crippen molar-refractivity contribution in [1.29, 1.82) is 0 Å². The van der Waals surface area contributed by atoms with Crippen molar-refractivity contribution in [3.8, 4) is 0 Å². The molecule has 8 nitrogen and oxygen atoms in total. The van der Waals surface area contributed by atoms with Crippen molar-refractivity contribution < 1.29 is 32.2 Å². The Labute approximate surface area is 168 Å². The molecule has 2 aromatic rings. The summed E-state index contributed by atoms with van der Waals surface area (Å²) in [7, 11) is -4.10. The number of halogens is 2. The van der Waals surface area contributed by atoms with Crippen molar-refractivity contribution >= 4 is 43.5 Å². The molecule has 1 unspecified atom stereocenters. The van der Waals surface area contributed by atoms with Gasteiger partial charge in [0, 0.05) is 10.2 Å². The van der Waals surface area contributed by atoms with Gasteiger partial charge in [-0.05, 0) is 42.5 Å². The third kappa shape index (κ3) is 6.37.